The lowest BCUT2D eigenvalue weighted by Gasteiger charge is -2.06. The van der Waals surface area contributed by atoms with E-state index < -0.39 is 0 Å². The molecule has 3 nitrogen and oxygen atoms in total. The molecular weight excluding hydrogens is 290 g/mol. The first kappa shape index (κ1) is 13.0. The first-order chi connectivity index (χ1) is 10.9. The lowest BCUT2D eigenvalue weighted by molar-refractivity contribution is 1.31. The summed E-state index contributed by atoms with van der Waals surface area (Å²) in [6, 6.07) is 22.3. The molecule has 0 fully saturated rings. The molecule has 0 amide bonds. The average molecular weight is 303 g/mol. The Morgan fingerprint density at radius 2 is 1.77 bits per heavy atom. The summed E-state index contributed by atoms with van der Waals surface area (Å²) in [4.78, 5) is 8.99. The van der Waals surface area contributed by atoms with Crippen molar-refractivity contribution in [1.82, 2.24) is 9.97 Å². The third-order valence-electron chi connectivity index (χ3n) is 3.34. The first-order valence-electron chi connectivity index (χ1n) is 7.02. The molecule has 0 aliphatic heterocycles. The number of pyridine rings is 1. The largest absolute Gasteiger partial charge is 0.340 e. The van der Waals surface area contributed by atoms with Gasteiger partial charge in [-0.25, -0.2) is 9.97 Å². The van der Waals surface area contributed by atoms with Crippen molar-refractivity contribution in [2.45, 2.75) is 0 Å². The molecule has 2 aromatic carbocycles. The minimum absolute atomic E-state index is 0.837. The molecule has 0 saturated carbocycles. The van der Waals surface area contributed by atoms with Crippen molar-refractivity contribution in [2.75, 3.05) is 5.32 Å². The van der Waals surface area contributed by atoms with Gasteiger partial charge in [-0.3, -0.25) is 0 Å². The highest BCUT2D eigenvalue weighted by Gasteiger charge is 2.06. The second-order valence-corrected chi connectivity index (χ2v) is 5.94. The minimum Gasteiger partial charge on any atom is -0.340 e. The molecular formula is C18H13N3S. The van der Waals surface area contributed by atoms with E-state index in [1.807, 2.05) is 48.5 Å². The van der Waals surface area contributed by atoms with E-state index in [9.17, 15) is 0 Å². The Kier molecular flexibility index (Phi) is 3.29. The number of fused-ring (bicyclic) bond motifs is 1. The van der Waals surface area contributed by atoms with Crippen LogP contribution in [0.1, 0.15) is 0 Å². The summed E-state index contributed by atoms with van der Waals surface area (Å²) in [7, 11) is 0. The Hall–Kier alpha value is -2.72. The maximum atomic E-state index is 4.71. The van der Waals surface area contributed by atoms with Crippen molar-refractivity contribution < 1.29 is 0 Å². The van der Waals surface area contributed by atoms with E-state index in [-0.39, 0.29) is 0 Å². The van der Waals surface area contributed by atoms with Crippen LogP contribution < -0.4 is 5.32 Å². The highest BCUT2D eigenvalue weighted by molar-refractivity contribution is 7.21. The second-order valence-electron chi connectivity index (χ2n) is 4.91. The highest BCUT2D eigenvalue weighted by Crippen LogP contribution is 2.31. The summed E-state index contributed by atoms with van der Waals surface area (Å²) >= 11 is 1.71. The standard InChI is InChI=1S/C18H13N3S/c1-2-9-16-15(8-1)21-18(22-16)13-6-5-7-14(12-13)20-17-10-3-4-11-19-17/h1-12H,(H,19,20). The smallest absolute Gasteiger partial charge is 0.130 e. The van der Waals surface area contributed by atoms with Crippen LogP contribution in [-0.4, -0.2) is 9.97 Å². The quantitative estimate of drug-likeness (QED) is 0.572. The second kappa shape index (κ2) is 5.58. The molecule has 0 saturated heterocycles. The zero-order valence-corrected chi connectivity index (χ0v) is 12.5. The maximum Gasteiger partial charge on any atom is 0.130 e. The van der Waals surface area contributed by atoms with E-state index in [1.165, 1.54) is 4.70 Å². The number of aromatic nitrogens is 2. The van der Waals surface area contributed by atoms with Crippen LogP contribution in [-0.2, 0) is 0 Å². The Bertz CT molecular complexity index is 883. The molecule has 106 valence electrons. The van der Waals surface area contributed by atoms with E-state index in [0.717, 1.165) is 27.6 Å². The first-order valence-corrected chi connectivity index (χ1v) is 7.84. The topological polar surface area (TPSA) is 37.8 Å². The third kappa shape index (κ3) is 2.56. The fourth-order valence-electron chi connectivity index (χ4n) is 2.31. The number of anilines is 2. The molecule has 0 radical (unpaired) electrons. The number of benzene rings is 2. The van der Waals surface area contributed by atoms with Crippen LogP contribution in [0.4, 0.5) is 11.5 Å². The van der Waals surface area contributed by atoms with Gasteiger partial charge in [0.15, 0.2) is 0 Å². The molecule has 1 N–H and O–H groups in total. The third-order valence-corrected chi connectivity index (χ3v) is 4.43. The van der Waals surface area contributed by atoms with Crippen molar-refractivity contribution >= 4 is 33.1 Å². The molecule has 0 aliphatic rings. The van der Waals surface area contributed by atoms with Gasteiger partial charge in [0, 0.05) is 17.4 Å². The average Bonchev–Trinajstić information content (AvgIpc) is 3.00. The van der Waals surface area contributed by atoms with Crippen LogP contribution in [0.25, 0.3) is 20.8 Å². The molecule has 0 spiro atoms. The van der Waals surface area contributed by atoms with Gasteiger partial charge in [0.25, 0.3) is 0 Å². The minimum atomic E-state index is 0.837. The molecule has 2 aromatic heterocycles. The summed E-state index contributed by atoms with van der Waals surface area (Å²) in [6.45, 7) is 0. The molecule has 4 aromatic rings. The van der Waals surface area contributed by atoms with Crippen molar-refractivity contribution in [1.29, 1.82) is 0 Å². The van der Waals surface area contributed by atoms with Gasteiger partial charge in [-0.2, -0.15) is 0 Å². The van der Waals surface area contributed by atoms with Crippen molar-refractivity contribution in [3.05, 3.63) is 72.9 Å². The number of nitrogens with zero attached hydrogens (tertiary/aromatic N) is 2. The monoisotopic (exact) mass is 303 g/mol. The summed E-state index contributed by atoms with van der Waals surface area (Å²) in [5.41, 5.74) is 3.17. The van der Waals surface area contributed by atoms with Crippen molar-refractivity contribution in [3.8, 4) is 10.6 Å². The molecule has 0 atom stereocenters. The van der Waals surface area contributed by atoms with Crippen LogP contribution in [0.3, 0.4) is 0 Å². The van der Waals surface area contributed by atoms with E-state index in [2.05, 4.69) is 28.5 Å². The SMILES string of the molecule is c1ccc(Nc2cccc(-c3nc4ccccc4s3)c2)nc1. The summed E-state index contributed by atoms with van der Waals surface area (Å²) in [5.74, 6) is 0.837. The Morgan fingerprint density at radius 3 is 2.64 bits per heavy atom. The fraction of sp³-hybridized carbons (Fsp3) is 0. The number of hydrogen-bond acceptors (Lipinski definition) is 4. The van der Waals surface area contributed by atoms with E-state index >= 15 is 0 Å². The number of rotatable bonds is 3. The van der Waals surface area contributed by atoms with E-state index in [1.54, 1.807) is 17.5 Å². The van der Waals surface area contributed by atoms with Gasteiger partial charge in [-0.1, -0.05) is 30.3 Å². The molecule has 0 bridgehead atoms. The molecule has 4 rings (SSSR count). The summed E-state index contributed by atoms with van der Waals surface area (Å²) < 4.78 is 1.21. The number of hydrogen-bond donors (Lipinski definition) is 1. The van der Waals surface area contributed by atoms with Gasteiger partial charge >= 0.3 is 0 Å². The van der Waals surface area contributed by atoms with Crippen molar-refractivity contribution in [2.24, 2.45) is 0 Å². The van der Waals surface area contributed by atoms with Gasteiger partial charge in [-0.15, -0.1) is 11.3 Å². The molecule has 2 heterocycles. The Balaban J connectivity index is 1.69. The zero-order valence-electron chi connectivity index (χ0n) is 11.7. The maximum absolute atomic E-state index is 4.71. The van der Waals surface area contributed by atoms with Crippen LogP contribution in [0.15, 0.2) is 72.9 Å². The van der Waals surface area contributed by atoms with Crippen LogP contribution >= 0.6 is 11.3 Å². The number of thiazole rings is 1. The van der Waals surface area contributed by atoms with Gasteiger partial charge < -0.3 is 5.32 Å². The zero-order chi connectivity index (χ0) is 14.8. The fourth-order valence-corrected chi connectivity index (χ4v) is 3.27. The predicted octanol–water partition coefficient (Wildman–Crippen LogP) is 5.10. The highest BCUT2D eigenvalue weighted by atomic mass is 32.1. The van der Waals surface area contributed by atoms with Crippen LogP contribution in [0, 0.1) is 0 Å². The van der Waals surface area contributed by atoms with Gasteiger partial charge in [0.05, 0.1) is 10.2 Å². The molecule has 22 heavy (non-hydrogen) atoms. The van der Waals surface area contributed by atoms with Crippen LogP contribution in [0.5, 0.6) is 0 Å². The lowest BCUT2D eigenvalue weighted by Crippen LogP contribution is -1.92. The molecule has 0 aliphatic carbocycles. The summed E-state index contributed by atoms with van der Waals surface area (Å²) in [5, 5.41) is 4.35. The van der Waals surface area contributed by atoms with Crippen LogP contribution in [0.2, 0.25) is 0 Å². The lowest BCUT2D eigenvalue weighted by atomic mass is 10.2. The normalized spacial score (nSPS) is 10.7. The van der Waals surface area contributed by atoms with Gasteiger partial charge in [-0.05, 0) is 36.4 Å². The number of para-hydroxylation sites is 1. The van der Waals surface area contributed by atoms with Crippen molar-refractivity contribution in [3.63, 3.8) is 0 Å². The Morgan fingerprint density at radius 1 is 0.864 bits per heavy atom. The predicted molar refractivity (Wildman–Crippen MR) is 92.6 cm³/mol. The van der Waals surface area contributed by atoms with E-state index in [4.69, 9.17) is 4.98 Å². The Labute approximate surface area is 132 Å². The molecule has 0 unspecified atom stereocenters. The van der Waals surface area contributed by atoms with E-state index in [0.29, 0.717) is 0 Å². The summed E-state index contributed by atoms with van der Waals surface area (Å²) in [6.07, 6.45) is 1.78. The number of nitrogens with one attached hydrogen (secondary N) is 1. The molecule has 4 heteroatoms. The van der Waals surface area contributed by atoms with Gasteiger partial charge in [0.2, 0.25) is 0 Å². The van der Waals surface area contributed by atoms with Gasteiger partial charge in [0.1, 0.15) is 10.8 Å².